The molecule has 1 saturated heterocycles. The molecule has 0 aromatic heterocycles. The van der Waals surface area contributed by atoms with Crippen LogP contribution in [-0.2, 0) is 14.4 Å². The number of allylic oxidation sites excluding steroid dienone is 3. The monoisotopic (exact) mass is 471 g/mol. The predicted octanol–water partition coefficient (Wildman–Crippen LogP) is 4.51. The predicted molar refractivity (Wildman–Crippen MR) is 94.7 cm³/mol. The van der Waals surface area contributed by atoms with Crippen LogP contribution >= 0.6 is 81.2 Å². The first-order valence-corrected chi connectivity index (χ1v) is 9.23. The molecule has 132 valence electrons. The lowest BCUT2D eigenvalue weighted by Gasteiger charge is -2.34. The van der Waals surface area contributed by atoms with Crippen LogP contribution in [0.2, 0.25) is 0 Å². The van der Waals surface area contributed by atoms with Crippen LogP contribution in [-0.4, -0.2) is 37.6 Å². The van der Waals surface area contributed by atoms with Crippen LogP contribution in [0.5, 0.6) is 0 Å². The molecule has 2 aliphatic carbocycles. The zero-order valence-electron chi connectivity index (χ0n) is 11.8. The molecule has 4 atom stereocenters. The van der Waals surface area contributed by atoms with Gasteiger partial charge in [0.05, 0.1) is 28.5 Å². The molecule has 4 nitrogen and oxygen atoms in total. The quantitative estimate of drug-likeness (QED) is 0.447. The molecule has 1 aliphatic heterocycles. The molecule has 0 unspecified atom stereocenters. The van der Waals surface area contributed by atoms with Gasteiger partial charge >= 0.3 is 0 Å². The van der Waals surface area contributed by atoms with E-state index >= 15 is 0 Å². The Balaban J connectivity index is 2.04. The Hall–Kier alpha value is 0.610. The Kier molecular flexibility index (Phi) is 4.68. The van der Waals surface area contributed by atoms with Crippen LogP contribution in [0.1, 0.15) is 6.92 Å². The summed E-state index contributed by atoms with van der Waals surface area (Å²) in [6.45, 7) is 1.52. The minimum Gasteiger partial charge on any atom is -0.272 e. The van der Waals surface area contributed by atoms with Crippen LogP contribution in [0.4, 0.5) is 0 Å². The van der Waals surface area contributed by atoms with E-state index in [4.69, 9.17) is 86.0 Å². The van der Waals surface area contributed by atoms with Gasteiger partial charge < -0.3 is 0 Å². The van der Waals surface area contributed by atoms with Crippen molar-refractivity contribution in [3.8, 4) is 0 Å². The van der Waals surface area contributed by atoms with E-state index in [-0.39, 0.29) is 16.7 Å². The molecule has 0 spiro atoms. The van der Waals surface area contributed by atoms with Gasteiger partial charge in [-0.1, -0.05) is 58.0 Å². The van der Waals surface area contributed by atoms with Crippen LogP contribution in [0.15, 0.2) is 21.2 Å². The van der Waals surface area contributed by atoms with E-state index in [1.165, 1.54) is 6.08 Å². The maximum Gasteiger partial charge on any atom is 0.259 e. The second kappa shape index (κ2) is 5.80. The molecule has 0 aromatic carbocycles. The average Bonchev–Trinajstić information content (AvgIpc) is 2.86. The maximum atomic E-state index is 12.7. The van der Waals surface area contributed by atoms with Gasteiger partial charge in [-0.15, -0.1) is 23.2 Å². The molecule has 2 bridgehead atoms. The summed E-state index contributed by atoms with van der Waals surface area (Å²) in [5.74, 6) is -3.88. The van der Waals surface area contributed by atoms with Gasteiger partial charge in [0.1, 0.15) is 9.75 Å². The van der Waals surface area contributed by atoms with Crippen LogP contribution in [0, 0.1) is 11.8 Å². The van der Waals surface area contributed by atoms with E-state index in [9.17, 15) is 9.59 Å². The van der Waals surface area contributed by atoms with Gasteiger partial charge in [-0.2, -0.15) is 5.06 Å². The number of hydrogen-bond acceptors (Lipinski definition) is 3. The maximum absolute atomic E-state index is 12.7. The van der Waals surface area contributed by atoms with Crippen molar-refractivity contribution in [3.63, 3.8) is 0 Å². The number of fused-ring (bicyclic) bond motifs is 5. The fourth-order valence-electron chi connectivity index (χ4n) is 3.32. The molecule has 1 heterocycles. The molecule has 0 radical (unpaired) electrons. The summed E-state index contributed by atoms with van der Waals surface area (Å²) < 4.78 is -1.95. The van der Waals surface area contributed by atoms with Crippen molar-refractivity contribution in [3.05, 3.63) is 21.2 Å². The van der Waals surface area contributed by atoms with Gasteiger partial charge in [0.25, 0.3) is 11.8 Å². The second-order valence-electron chi connectivity index (χ2n) is 5.64. The Morgan fingerprint density at radius 2 is 1.50 bits per heavy atom. The first kappa shape index (κ1) is 19.4. The molecule has 11 heteroatoms. The number of amides is 2. The third kappa shape index (κ3) is 2.00. The molecule has 0 aromatic rings. The summed E-state index contributed by atoms with van der Waals surface area (Å²) in [4.78, 5) is 26.9. The summed E-state index contributed by atoms with van der Waals surface area (Å²) in [5.41, 5.74) is 0. The standard InChI is InChI=1S/C13H8Cl7NO3/c1-4(14)2-3-24-21-9(22)5-6(10(21)23)12(18)8(16)7(15)11(5,17)13(12,19)20/h2,5-6H,3H2,1H3/b4-2-/t5-,6+,11-,12-/m0/s1. The first-order valence-electron chi connectivity index (χ1n) is 6.58. The van der Waals surface area contributed by atoms with E-state index in [2.05, 4.69) is 0 Å². The number of halogens is 7. The highest BCUT2D eigenvalue weighted by atomic mass is 35.5. The third-order valence-corrected chi connectivity index (χ3v) is 8.85. The Bertz CT molecular complexity index is 670. The van der Waals surface area contributed by atoms with Crippen LogP contribution in [0.3, 0.4) is 0 Å². The zero-order chi connectivity index (χ0) is 18.2. The van der Waals surface area contributed by atoms with Crippen molar-refractivity contribution in [2.24, 2.45) is 11.8 Å². The summed E-state index contributed by atoms with van der Waals surface area (Å²) in [7, 11) is 0. The SMILES string of the molecule is C/C(Cl)=C/CON1C(=O)[C@@H]2[C@H](C1=O)[C@]1(Cl)C(Cl)=C(Cl)[C@]2(Cl)C1(Cl)Cl. The molecular formula is C13H8Cl7NO3. The van der Waals surface area contributed by atoms with Crippen molar-refractivity contribution in [2.45, 2.75) is 21.0 Å². The molecule has 3 rings (SSSR count). The minimum atomic E-state index is -1.95. The van der Waals surface area contributed by atoms with Crippen molar-refractivity contribution in [2.75, 3.05) is 6.61 Å². The molecule has 3 aliphatic rings. The topological polar surface area (TPSA) is 46.6 Å². The van der Waals surface area contributed by atoms with Crippen molar-refractivity contribution < 1.29 is 14.4 Å². The molecule has 0 N–H and O–H groups in total. The molecule has 2 amide bonds. The largest absolute Gasteiger partial charge is 0.272 e. The normalized spacial score (nSPS) is 40.8. The van der Waals surface area contributed by atoms with Gasteiger partial charge in [0, 0.05) is 5.03 Å². The Morgan fingerprint density at radius 1 is 1.08 bits per heavy atom. The number of nitrogens with zero attached hydrogens (tertiary/aromatic N) is 1. The van der Waals surface area contributed by atoms with Gasteiger partial charge in [0.2, 0.25) is 0 Å². The summed E-state index contributed by atoms with van der Waals surface area (Å²) in [6, 6.07) is 0. The highest BCUT2D eigenvalue weighted by Gasteiger charge is 2.87. The molecule has 1 saturated carbocycles. The van der Waals surface area contributed by atoms with E-state index in [1.54, 1.807) is 6.92 Å². The van der Waals surface area contributed by atoms with Crippen LogP contribution < -0.4 is 0 Å². The first-order chi connectivity index (χ1) is 10.9. The number of imide groups is 1. The van der Waals surface area contributed by atoms with E-state index in [1.807, 2.05) is 0 Å². The number of hydrogen-bond donors (Lipinski definition) is 0. The number of carbonyl (C=O) groups is 2. The van der Waals surface area contributed by atoms with Gasteiger partial charge in [-0.3, -0.25) is 14.4 Å². The molecular weight excluding hydrogens is 466 g/mol. The average molecular weight is 474 g/mol. The zero-order valence-corrected chi connectivity index (χ0v) is 17.0. The fourth-order valence-corrected chi connectivity index (χ4v) is 6.32. The Labute approximate surface area is 172 Å². The third-order valence-electron chi connectivity index (χ3n) is 4.44. The van der Waals surface area contributed by atoms with Gasteiger partial charge in [-0.05, 0) is 13.0 Å². The highest BCUT2D eigenvalue weighted by Crippen LogP contribution is 2.77. The van der Waals surface area contributed by atoms with E-state index in [0.717, 1.165) is 0 Å². The summed E-state index contributed by atoms with van der Waals surface area (Å²) in [6.07, 6.45) is 1.48. The highest BCUT2D eigenvalue weighted by molar-refractivity contribution is 6.66. The smallest absolute Gasteiger partial charge is 0.259 e. The Morgan fingerprint density at radius 3 is 1.88 bits per heavy atom. The molecule has 2 fully saturated rings. The van der Waals surface area contributed by atoms with Crippen LogP contribution in [0.25, 0.3) is 0 Å². The van der Waals surface area contributed by atoms with Crippen molar-refractivity contribution in [1.82, 2.24) is 5.06 Å². The van der Waals surface area contributed by atoms with Gasteiger partial charge in [-0.25, -0.2) is 0 Å². The van der Waals surface area contributed by atoms with Crippen molar-refractivity contribution >= 4 is 93.0 Å². The lowest BCUT2D eigenvalue weighted by atomic mass is 9.84. The number of hydroxylamine groups is 2. The van der Waals surface area contributed by atoms with E-state index in [0.29, 0.717) is 10.1 Å². The second-order valence-corrected chi connectivity index (χ2v) is 9.51. The molecule has 24 heavy (non-hydrogen) atoms. The fraction of sp³-hybridized carbons (Fsp3) is 0.538. The number of carbonyl (C=O) groups excluding carboxylic acids is 2. The van der Waals surface area contributed by atoms with Gasteiger partial charge in [0.15, 0.2) is 4.33 Å². The number of rotatable bonds is 3. The minimum absolute atomic E-state index is 0.0986. The lowest BCUT2D eigenvalue weighted by molar-refractivity contribution is -0.186. The number of alkyl halides is 4. The van der Waals surface area contributed by atoms with E-state index < -0.39 is 37.7 Å². The lowest BCUT2D eigenvalue weighted by Crippen LogP contribution is -2.50. The van der Waals surface area contributed by atoms with Crippen molar-refractivity contribution in [1.29, 1.82) is 0 Å². The summed E-state index contributed by atoms with van der Waals surface area (Å²) in [5, 5.41) is 0.728. The summed E-state index contributed by atoms with van der Waals surface area (Å²) >= 11 is 43.7.